The van der Waals surface area contributed by atoms with Gasteiger partial charge in [0.2, 0.25) is 0 Å². The summed E-state index contributed by atoms with van der Waals surface area (Å²) in [4.78, 5) is 4.42. The molecule has 8 heteroatoms. The lowest BCUT2D eigenvalue weighted by atomic mass is 9.91. The first-order chi connectivity index (χ1) is 16.2. The molecule has 2 atom stereocenters. The highest BCUT2D eigenvalue weighted by molar-refractivity contribution is 7.76. The van der Waals surface area contributed by atoms with Crippen molar-refractivity contribution in [1.29, 1.82) is 0 Å². The molecule has 3 fully saturated rings. The van der Waals surface area contributed by atoms with E-state index in [0.29, 0.717) is 23.4 Å². The van der Waals surface area contributed by atoms with Crippen LogP contribution in [-0.4, -0.2) is 35.2 Å². The van der Waals surface area contributed by atoms with Gasteiger partial charge in [-0.05, 0) is 72.7 Å². The zero-order valence-corrected chi connectivity index (χ0v) is 19.7. The first-order valence-corrected chi connectivity index (χ1v) is 13.9. The summed E-state index contributed by atoms with van der Waals surface area (Å²) in [7, 11) is -0.186. The molecule has 0 saturated carbocycles. The number of aliphatic hydroxyl groups excluding tert-OH is 1. The lowest BCUT2D eigenvalue weighted by Gasteiger charge is -2.48. The van der Waals surface area contributed by atoms with E-state index < -0.39 is 30.9 Å². The second-order valence-corrected chi connectivity index (χ2v) is 13.9. The highest BCUT2D eigenvalue weighted by atomic mass is 31.2. The Labute approximate surface area is 196 Å². The molecule has 3 saturated heterocycles. The molecule has 0 spiro atoms. The van der Waals surface area contributed by atoms with Crippen molar-refractivity contribution in [2.45, 2.75) is 43.4 Å². The van der Waals surface area contributed by atoms with E-state index >= 15 is 0 Å². The van der Waals surface area contributed by atoms with E-state index in [1.54, 1.807) is 13.3 Å². The van der Waals surface area contributed by atoms with Crippen molar-refractivity contribution in [1.82, 2.24) is 4.98 Å². The average molecular weight is 492 g/mol. The Kier molecular flexibility index (Phi) is 6.06. The van der Waals surface area contributed by atoms with Gasteiger partial charge in [-0.2, -0.15) is 13.2 Å². The predicted molar refractivity (Wildman–Crippen MR) is 126 cm³/mol. The van der Waals surface area contributed by atoms with E-state index in [2.05, 4.69) is 4.98 Å². The molecule has 3 aromatic rings. The third-order valence-electron chi connectivity index (χ3n) is 7.75. The van der Waals surface area contributed by atoms with Crippen LogP contribution in [0.4, 0.5) is 17.6 Å². The van der Waals surface area contributed by atoms with Crippen LogP contribution in [0, 0.1) is 11.7 Å². The van der Waals surface area contributed by atoms with Gasteiger partial charge in [-0.3, -0.25) is 4.98 Å². The molecule has 3 aliphatic rings. The van der Waals surface area contributed by atoms with Gasteiger partial charge < -0.3 is 9.84 Å². The lowest BCUT2D eigenvalue weighted by Crippen LogP contribution is -2.39. The zero-order chi connectivity index (χ0) is 24.1. The molecule has 2 aromatic carbocycles. The maximum absolute atomic E-state index is 14.3. The van der Waals surface area contributed by atoms with Crippen LogP contribution in [0.25, 0.3) is 10.9 Å². The number of ether oxygens (including phenoxy) is 1. The van der Waals surface area contributed by atoms with Gasteiger partial charge in [-0.1, -0.05) is 6.07 Å². The van der Waals surface area contributed by atoms with Crippen LogP contribution < -0.4 is 4.74 Å². The van der Waals surface area contributed by atoms with Crippen molar-refractivity contribution in [3.8, 4) is 5.75 Å². The van der Waals surface area contributed by atoms with Gasteiger partial charge in [-0.25, -0.2) is 4.39 Å². The Morgan fingerprint density at radius 3 is 2.56 bits per heavy atom. The van der Waals surface area contributed by atoms with Gasteiger partial charge in [0.1, 0.15) is 23.3 Å². The summed E-state index contributed by atoms with van der Waals surface area (Å²) in [5.74, 6) is 0.0109. The van der Waals surface area contributed by atoms with Crippen molar-refractivity contribution < 1.29 is 27.4 Å². The minimum absolute atomic E-state index is 0.0298. The van der Waals surface area contributed by atoms with Gasteiger partial charge in [-0.15, -0.1) is 0 Å². The molecule has 34 heavy (non-hydrogen) atoms. The fourth-order valence-electron chi connectivity index (χ4n) is 5.96. The van der Waals surface area contributed by atoms with Crippen molar-refractivity contribution >= 4 is 18.2 Å². The van der Waals surface area contributed by atoms with Crippen LogP contribution in [0.5, 0.6) is 5.75 Å². The van der Waals surface area contributed by atoms with E-state index in [1.165, 1.54) is 6.07 Å². The second kappa shape index (κ2) is 8.76. The summed E-state index contributed by atoms with van der Waals surface area (Å²) in [6.45, 7) is 0. The number of pyridine rings is 1. The molecule has 3 nitrogen and oxygen atoms in total. The van der Waals surface area contributed by atoms with Crippen LogP contribution >= 0.6 is 7.26 Å². The van der Waals surface area contributed by atoms with E-state index in [-0.39, 0.29) is 5.66 Å². The van der Waals surface area contributed by atoms with E-state index in [1.807, 2.05) is 24.3 Å². The normalized spacial score (nSPS) is 25.5. The largest absolute Gasteiger partial charge is 0.497 e. The summed E-state index contributed by atoms with van der Waals surface area (Å²) in [5, 5.41) is 12.6. The number of alkyl halides is 3. The number of halogens is 4. The quantitative estimate of drug-likeness (QED) is 0.313. The number of rotatable bonds is 5. The summed E-state index contributed by atoms with van der Waals surface area (Å²) in [6, 6.07) is 10.8. The summed E-state index contributed by atoms with van der Waals surface area (Å²) >= 11 is 0. The average Bonchev–Trinajstić information content (AvgIpc) is 2.82. The SMILES string of the molecule is COc1ccc2nccc([C@H](O)[C@H]3CC4CC[P+]3(Cc3ccc(C(F)(F)F)c(F)c3)CC4)c2c1. The Bertz CT molecular complexity index is 1210. The minimum atomic E-state index is -4.71. The van der Waals surface area contributed by atoms with Gasteiger partial charge in [0.15, 0.2) is 0 Å². The maximum Gasteiger partial charge on any atom is 0.419 e. The van der Waals surface area contributed by atoms with Crippen LogP contribution in [-0.2, 0) is 12.3 Å². The first kappa shape index (κ1) is 23.5. The molecule has 2 bridgehead atoms. The molecule has 180 valence electrons. The fraction of sp³-hybridized carbons (Fsp3) is 0.423. The summed E-state index contributed by atoms with van der Waals surface area (Å²) in [6.07, 6.45) is 1.84. The molecule has 4 heterocycles. The molecule has 0 aliphatic carbocycles. The zero-order valence-electron chi connectivity index (χ0n) is 18.9. The number of nitrogens with zero attached hydrogens (tertiary/aromatic N) is 1. The molecular weight excluding hydrogens is 465 g/mol. The van der Waals surface area contributed by atoms with E-state index in [0.717, 1.165) is 60.2 Å². The molecule has 3 aliphatic heterocycles. The number of methoxy groups -OCH3 is 1. The monoisotopic (exact) mass is 492 g/mol. The smallest absolute Gasteiger partial charge is 0.419 e. The van der Waals surface area contributed by atoms with Gasteiger partial charge >= 0.3 is 6.18 Å². The van der Waals surface area contributed by atoms with Crippen LogP contribution in [0.2, 0.25) is 0 Å². The Morgan fingerprint density at radius 1 is 1.12 bits per heavy atom. The Balaban J connectivity index is 1.50. The molecule has 0 radical (unpaired) electrons. The maximum atomic E-state index is 14.3. The van der Waals surface area contributed by atoms with Crippen LogP contribution in [0.15, 0.2) is 48.7 Å². The number of fused-ring (bicyclic) bond motifs is 4. The number of hydrogen-bond donors (Lipinski definition) is 1. The third kappa shape index (κ3) is 4.18. The lowest BCUT2D eigenvalue weighted by molar-refractivity contribution is -0.140. The van der Waals surface area contributed by atoms with Crippen LogP contribution in [0.3, 0.4) is 0 Å². The van der Waals surface area contributed by atoms with Crippen molar-refractivity contribution in [3.63, 3.8) is 0 Å². The molecule has 1 aromatic heterocycles. The van der Waals surface area contributed by atoms with E-state index in [9.17, 15) is 22.7 Å². The molecule has 1 N–H and O–H groups in total. The van der Waals surface area contributed by atoms with Crippen molar-refractivity contribution in [2.24, 2.45) is 5.92 Å². The molecular formula is C26H27F4NO2P+. The van der Waals surface area contributed by atoms with Crippen molar-refractivity contribution in [2.75, 3.05) is 19.4 Å². The van der Waals surface area contributed by atoms with Gasteiger partial charge in [0.25, 0.3) is 0 Å². The standard InChI is InChI=1S/C26H27F4NO2P/c1-33-18-3-5-23-20(14-18)19(6-9-31-23)25(32)24-13-16-7-10-34(24,11-8-16)15-17-2-4-21(22(27)12-17)26(28,29)30/h2-6,9,12,14,16,24-25,32H,7-8,10-11,13,15H2,1H3/q+1/t16?,24-,25+,34?/m1/s1. The number of benzene rings is 2. The van der Waals surface area contributed by atoms with Gasteiger partial charge in [0.05, 0.1) is 36.7 Å². The second-order valence-electron chi connectivity index (χ2n) is 9.61. The molecule has 6 rings (SSSR count). The third-order valence-corrected chi connectivity index (χ3v) is 12.9. The highest BCUT2D eigenvalue weighted by Gasteiger charge is 2.56. The first-order valence-electron chi connectivity index (χ1n) is 11.5. The number of aromatic nitrogens is 1. The minimum Gasteiger partial charge on any atom is -0.497 e. The summed E-state index contributed by atoms with van der Waals surface area (Å²) in [5.41, 5.74) is 0.975. The van der Waals surface area contributed by atoms with Crippen LogP contribution in [0.1, 0.15) is 42.1 Å². The summed E-state index contributed by atoms with van der Waals surface area (Å²) < 4.78 is 58.8. The molecule has 0 unspecified atom stereocenters. The van der Waals surface area contributed by atoms with Crippen molar-refractivity contribution in [3.05, 3.63) is 71.2 Å². The predicted octanol–water partition coefficient (Wildman–Crippen LogP) is 6.83. The number of hydrogen-bond acceptors (Lipinski definition) is 3. The highest BCUT2D eigenvalue weighted by Crippen LogP contribution is 2.76. The van der Waals surface area contributed by atoms with E-state index in [4.69, 9.17) is 4.74 Å². The van der Waals surface area contributed by atoms with Gasteiger partial charge in [0, 0.05) is 18.8 Å². The molecule has 0 amide bonds. The topological polar surface area (TPSA) is 42.4 Å². The Hall–Kier alpha value is -2.24. The number of aliphatic hydroxyl groups is 1. The Morgan fingerprint density at radius 2 is 1.88 bits per heavy atom. The fourth-order valence-corrected chi connectivity index (χ4v) is 11.6.